The Morgan fingerprint density at radius 3 is 2.40 bits per heavy atom. The molecule has 4 nitrogen and oxygen atoms in total. The molecular formula is C16H30O4. The smallest absolute Gasteiger partial charge is 0.308 e. The molecule has 0 aromatic carbocycles. The molecule has 0 bridgehead atoms. The average Bonchev–Trinajstić information content (AvgIpc) is 2.35. The van der Waals surface area contributed by atoms with Gasteiger partial charge in [0.15, 0.2) is 0 Å². The van der Waals surface area contributed by atoms with Crippen molar-refractivity contribution in [3.63, 3.8) is 0 Å². The van der Waals surface area contributed by atoms with E-state index in [4.69, 9.17) is 9.47 Å². The Bertz CT molecular complexity index is 298. The highest BCUT2D eigenvalue weighted by molar-refractivity contribution is 5.72. The first kappa shape index (κ1) is 17.4. The van der Waals surface area contributed by atoms with Gasteiger partial charge in [-0.05, 0) is 44.4 Å². The lowest BCUT2D eigenvalue weighted by molar-refractivity contribution is -0.152. The van der Waals surface area contributed by atoms with Crippen LogP contribution in [0.3, 0.4) is 0 Å². The van der Waals surface area contributed by atoms with E-state index in [2.05, 4.69) is 20.8 Å². The molecule has 1 fully saturated rings. The van der Waals surface area contributed by atoms with E-state index in [0.717, 1.165) is 6.42 Å². The Kier molecular flexibility index (Phi) is 6.46. The molecule has 118 valence electrons. The van der Waals surface area contributed by atoms with E-state index in [1.165, 1.54) is 0 Å². The lowest BCUT2D eigenvalue weighted by Crippen LogP contribution is -2.40. The number of hydrogen-bond acceptors (Lipinski definition) is 4. The normalized spacial score (nSPS) is 27.4. The van der Waals surface area contributed by atoms with E-state index in [9.17, 15) is 9.90 Å². The van der Waals surface area contributed by atoms with Crippen molar-refractivity contribution in [3.8, 4) is 0 Å². The summed E-state index contributed by atoms with van der Waals surface area (Å²) in [6.45, 7) is 9.82. The molecule has 4 heteroatoms. The molecule has 1 saturated carbocycles. The minimum absolute atomic E-state index is 0.0511. The van der Waals surface area contributed by atoms with Gasteiger partial charge >= 0.3 is 5.97 Å². The number of hydrogen-bond donors (Lipinski definition) is 1. The van der Waals surface area contributed by atoms with Crippen molar-refractivity contribution in [2.45, 2.75) is 65.4 Å². The maximum Gasteiger partial charge on any atom is 0.308 e. The Morgan fingerprint density at radius 1 is 1.30 bits per heavy atom. The van der Waals surface area contributed by atoms with Crippen LogP contribution >= 0.6 is 0 Å². The number of aliphatic hydroxyl groups is 1. The van der Waals surface area contributed by atoms with E-state index in [1.807, 2.05) is 6.92 Å². The van der Waals surface area contributed by atoms with Gasteiger partial charge < -0.3 is 14.6 Å². The van der Waals surface area contributed by atoms with E-state index in [0.29, 0.717) is 45.5 Å². The highest BCUT2D eigenvalue weighted by Gasteiger charge is 2.36. The molecule has 0 radical (unpaired) electrons. The second-order valence-electron chi connectivity index (χ2n) is 7.11. The van der Waals surface area contributed by atoms with Gasteiger partial charge in [0.2, 0.25) is 0 Å². The third-order valence-electron chi connectivity index (χ3n) is 3.90. The molecule has 0 heterocycles. The van der Waals surface area contributed by atoms with Crippen LogP contribution in [0.5, 0.6) is 0 Å². The second kappa shape index (κ2) is 7.41. The lowest BCUT2D eigenvalue weighted by Gasteiger charge is -2.35. The maximum atomic E-state index is 11.6. The van der Waals surface area contributed by atoms with Crippen molar-refractivity contribution in [1.29, 1.82) is 0 Å². The van der Waals surface area contributed by atoms with Crippen molar-refractivity contribution in [3.05, 3.63) is 0 Å². The van der Waals surface area contributed by atoms with E-state index < -0.39 is 5.60 Å². The number of rotatable bonds is 6. The van der Waals surface area contributed by atoms with E-state index in [1.54, 1.807) is 0 Å². The average molecular weight is 286 g/mol. The van der Waals surface area contributed by atoms with Gasteiger partial charge in [-0.3, -0.25) is 4.79 Å². The van der Waals surface area contributed by atoms with Crippen molar-refractivity contribution >= 4 is 5.97 Å². The molecule has 0 unspecified atom stereocenters. The largest absolute Gasteiger partial charge is 0.466 e. The maximum absolute atomic E-state index is 11.6. The fourth-order valence-electron chi connectivity index (χ4n) is 2.44. The number of carbonyl (C=O) groups excluding carboxylic acids is 1. The minimum Gasteiger partial charge on any atom is -0.466 e. The van der Waals surface area contributed by atoms with Crippen LogP contribution in [0.4, 0.5) is 0 Å². The summed E-state index contributed by atoms with van der Waals surface area (Å²) in [4.78, 5) is 11.6. The highest BCUT2D eigenvalue weighted by atomic mass is 16.5. The zero-order valence-corrected chi connectivity index (χ0v) is 13.4. The quantitative estimate of drug-likeness (QED) is 0.602. The standard InChI is InChI=1S/C16H30O4/c1-5-20-14(17)13-6-8-16(18,9-7-13)12-19-11-10-15(2,3)4/h13,18H,5-12H2,1-4H3. The van der Waals surface area contributed by atoms with Crippen LogP contribution in [-0.2, 0) is 14.3 Å². The van der Waals surface area contributed by atoms with Crippen LogP contribution in [0, 0.1) is 11.3 Å². The molecular weight excluding hydrogens is 256 g/mol. The Balaban J connectivity index is 2.26. The molecule has 0 aromatic rings. The summed E-state index contributed by atoms with van der Waals surface area (Å²) in [6.07, 6.45) is 3.60. The number of ether oxygens (including phenoxy) is 2. The molecule has 1 aliphatic carbocycles. The topological polar surface area (TPSA) is 55.8 Å². The van der Waals surface area contributed by atoms with Gasteiger partial charge in [0, 0.05) is 6.61 Å². The van der Waals surface area contributed by atoms with Crippen LogP contribution in [0.15, 0.2) is 0 Å². The molecule has 1 aliphatic rings. The lowest BCUT2D eigenvalue weighted by atomic mass is 9.79. The molecule has 0 aliphatic heterocycles. The van der Waals surface area contributed by atoms with Crippen LogP contribution in [0.2, 0.25) is 0 Å². The molecule has 0 aromatic heterocycles. The molecule has 0 amide bonds. The summed E-state index contributed by atoms with van der Waals surface area (Å²) in [5.74, 6) is -0.173. The summed E-state index contributed by atoms with van der Waals surface area (Å²) in [5, 5.41) is 10.5. The van der Waals surface area contributed by atoms with Gasteiger partial charge in [-0.2, -0.15) is 0 Å². The molecule has 1 N–H and O–H groups in total. The zero-order valence-electron chi connectivity index (χ0n) is 13.4. The first-order valence-electron chi connectivity index (χ1n) is 7.72. The van der Waals surface area contributed by atoms with E-state index >= 15 is 0 Å². The first-order valence-corrected chi connectivity index (χ1v) is 7.72. The van der Waals surface area contributed by atoms with Gasteiger partial charge in [0.1, 0.15) is 0 Å². The number of esters is 1. The third kappa shape index (κ3) is 6.23. The first-order chi connectivity index (χ1) is 9.26. The Morgan fingerprint density at radius 2 is 1.90 bits per heavy atom. The molecule has 0 spiro atoms. The van der Waals surface area contributed by atoms with Crippen molar-refractivity contribution in [2.75, 3.05) is 19.8 Å². The van der Waals surface area contributed by atoms with Crippen molar-refractivity contribution in [2.24, 2.45) is 11.3 Å². The zero-order chi connectivity index (χ0) is 15.2. The van der Waals surface area contributed by atoms with Crippen LogP contribution in [-0.4, -0.2) is 36.5 Å². The van der Waals surface area contributed by atoms with Crippen LogP contribution < -0.4 is 0 Å². The Hall–Kier alpha value is -0.610. The van der Waals surface area contributed by atoms with Crippen molar-refractivity contribution < 1.29 is 19.4 Å². The van der Waals surface area contributed by atoms with Gasteiger partial charge in [-0.25, -0.2) is 0 Å². The second-order valence-corrected chi connectivity index (χ2v) is 7.11. The molecule has 0 saturated heterocycles. The fraction of sp³-hybridized carbons (Fsp3) is 0.938. The fourth-order valence-corrected chi connectivity index (χ4v) is 2.44. The molecule has 1 rings (SSSR count). The predicted octanol–water partition coefficient (Wildman–Crippen LogP) is 2.92. The Labute approximate surface area is 122 Å². The highest BCUT2D eigenvalue weighted by Crippen LogP contribution is 2.33. The molecule has 20 heavy (non-hydrogen) atoms. The summed E-state index contributed by atoms with van der Waals surface area (Å²) in [5.41, 5.74) is -0.509. The number of carbonyl (C=O) groups is 1. The van der Waals surface area contributed by atoms with Crippen LogP contribution in [0.1, 0.15) is 59.8 Å². The van der Waals surface area contributed by atoms with Gasteiger partial charge in [-0.1, -0.05) is 20.8 Å². The third-order valence-corrected chi connectivity index (χ3v) is 3.90. The predicted molar refractivity (Wildman–Crippen MR) is 78.4 cm³/mol. The van der Waals surface area contributed by atoms with Crippen molar-refractivity contribution in [1.82, 2.24) is 0 Å². The SMILES string of the molecule is CCOC(=O)C1CCC(O)(COCCC(C)(C)C)CC1. The van der Waals surface area contributed by atoms with Gasteiger partial charge in [0.25, 0.3) is 0 Å². The van der Waals surface area contributed by atoms with E-state index in [-0.39, 0.29) is 17.3 Å². The minimum atomic E-state index is -0.763. The monoisotopic (exact) mass is 286 g/mol. The summed E-state index contributed by atoms with van der Waals surface area (Å²) in [7, 11) is 0. The molecule has 0 atom stereocenters. The van der Waals surface area contributed by atoms with Crippen LogP contribution in [0.25, 0.3) is 0 Å². The summed E-state index contributed by atoms with van der Waals surface area (Å²) < 4.78 is 10.7. The summed E-state index contributed by atoms with van der Waals surface area (Å²) in [6, 6.07) is 0. The summed E-state index contributed by atoms with van der Waals surface area (Å²) >= 11 is 0. The van der Waals surface area contributed by atoms with Gasteiger partial charge in [-0.15, -0.1) is 0 Å². The van der Waals surface area contributed by atoms with Gasteiger partial charge in [0.05, 0.1) is 24.7 Å².